The van der Waals surface area contributed by atoms with Crippen molar-refractivity contribution in [3.8, 4) is 0 Å². The van der Waals surface area contributed by atoms with Crippen LogP contribution in [0.3, 0.4) is 0 Å². The van der Waals surface area contributed by atoms with Gasteiger partial charge in [0.15, 0.2) is 6.10 Å². The molecule has 2 aliphatic heterocycles. The highest BCUT2D eigenvalue weighted by Crippen LogP contribution is 2.47. The topological polar surface area (TPSA) is 106 Å². The monoisotopic (exact) mass is 430 g/mol. The highest BCUT2D eigenvalue weighted by atomic mass is 16.7. The van der Waals surface area contributed by atoms with E-state index in [9.17, 15) is 19.7 Å². The first-order valence-electron chi connectivity index (χ1n) is 10.0. The number of hydrogen-bond acceptors (Lipinski definition) is 7. The van der Waals surface area contributed by atoms with Crippen LogP contribution in [0.5, 0.6) is 0 Å². The Morgan fingerprint density at radius 3 is 2.38 bits per heavy atom. The number of fused-ring (bicyclic) bond motifs is 1. The van der Waals surface area contributed by atoms with E-state index in [1.54, 1.807) is 42.7 Å². The van der Waals surface area contributed by atoms with Crippen molar-refractivity contribution in [3.63, 3.8) is 0 Å². The smallest absolute Gasteiger partial charge is 0.271 e. The predicted octanol–water partition coefficient (Wildman–Crippen LogP) is 3.35. The normalized spacial score (nSPS) is 22.3. The maximum atomic E-state index is 13.5. The number of aromatic nitrogens is 1. The second-order valence-corrected chi connectivity index (χ2v) is 7.73. The van der Waals surface area contributed by atoms with Crippen LogP contribution in [0.2, 0.25) is 0 Å². The number of aryl methyl sites for hydroxylation is 1. The molecule has 32 heavy (non-hydrogen) atoms. The van der Waals surface area contributed by atoms with E-state index in [0.717, 1.165) is 10.5 Å². The molecule has 0 bridgehead atoms. The molecule has 5 rings (SSSR count). The highest BCUT2D eigenvalue weighted by molar-refractivity contribution is 6.23. The molecule has 0 aliphatic carbocycles. The standard InChI is InChI=1S/C23H18N4O5/c1-14-5-7-16(8-6-14)25-22(28)19-20(15-9-11-24-12-10-15)26(32-21(19)23(25)29)17-3-2-4-18(13-17)27(30)31/h2-13,19-21H,1H3/t19-,20+,21-/m0/s1. The quantitative estimate of drug-likeness (QED) is 0.355. The molecule has 3 atom stereocenters. The zero-order valence-corrected chi connectivity index (χ0v) is 17.0. The number of nitro groups is 1. The third-order valence-corrected chi connectivity index (χ3v) is 5.75. The Morgan fingerprint density at radius 1 is 0.969 bits per heavy atom. The van der Waals surface area contributed by atoms with Crippen molar-refractivity contribution in [2.24, 2.45) is 5.92 Å². The van der Waals surface area contributed by atoms with Gasteiger partial charge in [-0.05, 0) is 42.8 Å². The maximum Gasteiger partial charge on any atom is 0.271 e. The summed E-state index contributed by atoms with van der Waals surface area (Å²) in [5.41, 5.74) is 2.48. The molecule has 3 aromatic rings. The molecule has 0 saturated carbocycles. The fraction of sp³-hybridized carbons (Fsp3) is 0.174. The Labute approximate surface area is 183 Å². The summed E-state index contributed by atoms with van der Waals surface area (Å²) in [5.74, 6) is -1.65. The van der Waals surface area contributed by atoms with Gasteiger partial charge in [-0.2, -0.15) is 0 Å². The summed E-state index contributed by atoms with van der Waals surface area (Å²) in [6.45, 7) is 1.92. The fourth-order valence-corrected chi connectivity index (χ4v) is 4.23. The Hall–Kier alpha value is -4.11. The van der Waals surface area contributed by atoms with Crippen LogP contribution < -0.4 is 9.96 Å². The molecule has 160 valence electrons. The summed E-state index contributed by atoms with van der Waals surface area (Å²) in [7, 11) is 0. The van der Waals surface area contributed by atoms with Crippen molar-refractivity contribution >= 4 is 28.9 Å². The predicted molar refractivity (Wildman–Crippen MR) is 115 cm³/mol. The minimum absolute atomic E-state index is 0.115. The number of hydroxylamine groups is 1. The molecular formula is C23H18N4O5. The molecule has 2 aliphatic rings. The summed E-state index contributed by atoms with van der Waals surface area (Å²) in [5, 5.41) is 12.7. The number of imide groups is 1. The number of carbonyl (C=O) groups is 2. The molecule has 0 radical (unpaired) electrons. The molecule has 3 heterocycles. The van der Waals surface area contributed by atoms with E-state index in [2.05, 4.69) is 4.98 Å². The molecule has 0 unspecified atom stereocenters. The van der Waals surface area contributed by atoms with Crippen molar-refractivity contribution < 1.29 is 19.3 Å². The molecule has 2 fully saturated rings. The SMILES string of the molecule is Cc1ccc(N2C(=O)[C@@H]3[C@H](ON(c4cccc([N+](=O)[O-])c4)[C@@H]3c3ccncc3)C2=O)cc1. The molecule has 2 amide bonds. The summed E-state index contributed by atoms with van der Waals surface area (Å²) in [4.78, 5) is 48.7. The van der Waals surface area contributed by atoms with Crippen LogP contribution in [-0.2, 0) is 14.4 Å². The van der Waals surface area contributed by atoms with Gasteiger partial charge in [0.25, 0.3) is 11.6 Å². The van der Waals surface area contributed by atoms with Gasteiger partial charge in [0.2, 0.25) is 5.91 Å². The zero-order chi connectivity index (χ0) is 22.4. The third kappa shape index (κ3) is 3.10. The average molecular weight is 430 g/mol. The van der Waals surface area contributed by atoms with E-state index in [1.165, 1.54) is 23.3 Å². The van der Waals surface area contributed by atoms with Crippen LogP contribution in [-0.4, -0.2) is 27.8 Å². The van der Waals surface area contributed by atoms with Crippen LogP contribution in [0.1, 0.15) is 17.2 Å². The lowest BCUT2D eigenvalue weighted by Gasteiger charge is -2.28. The Kier molecular flexibility index (Phi) is 4.67. The number of non-ortho nitro benzene ring substituents is 1. The van der Waals surface area contributed by atoms with Gasteiger partial charge in [-0.3, -0.25) is 29.5 Å². The second kappa shape index (κ2) is 7.54. The Bertz CT molecular complexity index is 1210. The molecular weight excluding hydrogens is 412 g/mol. The van der Waals surface area contributed by atoms with E-state index in [-0.39, 0.29) is 11.6 Å². The van der Waals surface area contributed by atoms with Crippen LogP contribution in [0.4, 0.5) is 17.1 Å². The lowest BCUT2D eigenvalue weighted by Crippen LogP contribution is -2.37. The number of anilines is 2. The lowest BCUT2D eigenvalue weighted by atomic mass is 9.91. The van der Waals surface area contributed by atoms with Gasteiger partial charge in [0.05, 0.1) is 22.3 Å². The summed E-state index contributed by atoms with van der Waals surface area (Å²) in [6, 6.07) is 15.9. The van der Waals surface area contributed by atoms with E-state index in [0.29, 0.717) is 16.9 Å². The van der Waals surface area contributed by atoms with Crippen LogP contribution in [0.15, 0.2) is 73.1 Å². The third-order valence-electron chi connectivity index (χ3n) is 5.75. The number of benzene rings is 2. The molecule has 2 aromatic carbocycles. The van der Waals surface area contributed by atoms with Crippen molar-refractivity contribution in [2.45, 2.75) is 19.1 Å². The lowest BCUT2D eigenvalue weighted by molar-refractivity contribution is -0.384. The summed E-state index contributed by atoms with van der Waals surface area (Å²) >= 11 is 0. The molecule has 2 saturated heterocycles. The van der Waals surface area contributed by atoms with Crippen LogP contribution >= 0.6 is 0 Å². The first kappa shape index (κ1) is 19.8. The van der Waals surface area contributed by atoms with Gasteiger partial charge >= 0.3 is 0 Å². The van der Waals surface area contributed by atoms with Gasteiger partial charge in [0, 0.05) is 24.5 Å². The summed E-state index contributed by atoms with van der Waals surface area (Å²) in [6.07, 6.45) is 2.14. The number of carbonyl (C=O) groups excluding carboxylic acids is 2. The van der Waals surface area contributed by atoms with Gasteiger partial charge in [-0.15, -0.1) is 0 Å². The van der Waals surface area contributed by atoms with Crippen molar-refractivity contribution in [1.82, 2.24) is 4.98 Å². The molecule has 0 spiro atoms. The van der Waals surface area contributed by atoms with Crippen LogP contribution in [0, 0.1) is 23.0 Å². The highest BCUT2D eigenvalue weighted by Gasteiger charge is 2.60. The largest absolute Gasteiger partial charge is 0.273 e. The number of nitro benzene ring substituents is 1. The van der Waals surface area contributed by atoms with E-state index < -0.39 is 28.9 Å². The number of hydrogen-bond donors (Lipinski definition) is 0. The van der Waals surface area contributed by atoms with Crippen molar-refractivity contribution in [1.29, 1.82) is 0 Å². The molecule has 1 aromatic heterocycles. The van der Waals surface area contributed by atoms with E-state index in [4.69, 9.17) is 4.84 Å². The molecule has 9 heteroatoms. The summed E-state index contributed by atoms with van der Waals surface area (Å²) < 4.78 is 0. The number of amides is 2. The van der Waals surface area contributed by atoms with Gasteiger partial charge in [-0.25, -0.2) is 9.96 Å². The minimum Gasteiger partial charge on any atom is -0.273 e. The van der Waals surface area contributed by atoms with Crippen LogP contribution in [0.25, 0.3) is 0 Å². The molecule has 0 N–H and O–H groups in total. The maximum absolute atomic E-state index is 13.5. The first-order valence-corrected chi connectivity index (χ1v) is 10.0. The first-order chi connectivity index (χ1) is 15.5. The van der Waals surface area contributed by atoms with Crippen molar-refractivity contribution in [3.05, 3.63) is 94.3 Å². The number of nitrogens with zero attached hydrogens (tertiary/aromatic N) is 4. The van der Waals surface area contributed by atoms with E-state index >= 15 is 0 Å². The molecule has 9 nitrogen and oxygen atoms in total. The minimum atomic E-state index is -1.04. The van der Waals surface area contributed by atoms with Gasteiger partial charge < -0.3 is 0 Å². The zero-order valence-electron chi connectivity index (χ0n) is 17.0. The van der Waals surface area contributed by atoms with Gasteiger partial charge in [-0.1, -0.05) is 23.8 Å². The van der Waals surface area contributed by atoms with Crippen molar-refractivity contribution in [2.75, 3.05) is 9.96 Å². The van der Waals surface area contributed by atoms with Gasteiger partial charge in [0.1, 0.15) is 5.92 Å². The number of pyridine rings is 1. The van der Waals surface area contributed by atoms with E-state index in [1.807, 2.05) is 19.1 Å². The Morgan fingerprint density at radius 2 is 1.69 bits per heavy atom. The second-order valence-electron chi connectivity index (χ2n) is 7.73. The average Bonchev–Trinajstić information content (AvgIpc) is 3.31. The fourth-order valence-electron chi connectivity index (χ4n) is 4.23. The Balaban J connectivity index is 1.58. The number of rotatable bonds is 4.